The molecule has 0 N–H and O–H groups in total. The third-order valence-electron chi connectivity index (χ3n) is 5.94. The largest absolute Gasteiger partial charge is 0.312 e. The van der Waals surface area contributed by atoms with Crippen LogP contribution in [0, 0.1) is 11.7 Å². The zero-order valence-corrected chi connectivity index (χ0v) is 15.7. The maximum absolute atomic E-state index is 13.5. The normalized spacial score (nSPS) is 18.1. The molecule has 0 saturated heterocycles. The van der Waals surface area contributed by atoms with Crippen molar-refractivity contribution in [3.8, 4) is 11.1 Å². The molecule has 0 saturated carbocycles. The summed E-state index contributed by atoms with van der Waals surface area (Å²) < 4.78 is 15.3. The van der Waals surface area contributed by atoms with Crippen LogP contribution < -0.4 is 4.90 Å². The maximum atomic E-state index is 13.5. The van der Waals surface area contributed by atoms with E-state index in [-0.39, 0.29) is 17.6 Å². The van der Waals surface area contributed by atoms with E-state index in [1.54, 1.807) is 16.8 Å². The molecule has 1 atom stereocenters. The van der Waals surface area contributed by atoms with E-state index in [0.717, 1.165) is 53.0 Å². The third-order valence-corrected chi connectivity index (χ3v) is 5.94. The quantitative estimate of drug-likeness (QED) is 0.689. The zero-order chi connectivity index (χ0) is 19.3. The summed E-state index contributed by atoms with van der Waals surface area (Å²) in [7, 11) is 1.89. The van der Waals surface area contributed by atoms with Gasteiger partial charge in [-0.25, -0.2) is 4.39 Å². The summed E-state index contributed by atoms with van der Waals surface area (Å²) in [6.45, 7) is 0.702. The van der Waals surface area contributed by atoms with Gasteiger partial charge >= 0.3 is 0 Å². The minimum Gasteiger partial charge on any atom is -0.312 e. The molecule has 2 aliphatic rings. The summed E-state index contributed by atoms with van der Waals surface area (Å²) in [5.74, 6) is -0.0845. The van der Waals surface area contributed by atoms with Gasteiger partial charge in [0, 0.05) is 31.6 Å². The number of rotatable bonds is 2. The van der Waals surface area contributed by atoms with Gasteiger partial charge in [0.25, 0.3) is 0 Å². The zero-order valence-electron chi connectivity index (χ0n) is 15.7. The Kier molecular flexibility index (Phi) is 4.00. The number of hydrogen-bond donors (Lipinski definition) is 0. The Morgan fingerprint density at radius 2 is 2.00 bits per heavy atom. The molecule has 6 heteroatoms. The van der Waals surface area contributed by atoms with E-state index in [0.29, 0.717) is 13.0 Å². The van der Waals surface area contributed by atoms with Gasteiger partial charge in [-0.15, -0.1) is 5.10 Å². The van der Waals surface area contributed by atoms with Gasteiger partial charge in [0.15, 0.2) is 0 Å². The molecule has 2 heterocycles. The average molecular weight is 376 g/mol. The summed E-state index contributed by atoms with van der Waals surface area (Å²) in [5, 5.41) is 8.27. The van der Waals surface area contributed by atoms with Gasteiger partial charge in [0.05, 0.1) is 11.4 Å². The first-order chi connectivity index (χ1) is 13.6. The number of anilines is 1. The van der Waals surface area contributed by atoms with Gasteiger partial charge in [-0.1, -0.05) is 23.4 Å². The first kappa shape index (κ1) is 17.1. The lowest BCUT2D eigenvalue weighted by Gasteiger charge is -2.26. The number of aromatic nitrogens is 3. The molecule has 3 aromatic rings. The average Bonchev–Trinajstić information content (AvgIpc) is 3.30. The topological polar surface area (TPSA) is 51.0 Å². The molecule has 0 unspecified atom stereocenters. The molecule has 5 rings (SSSR count). The van der Waals surface area contributed by atoms with E-state index in [1.165, 1.54) is 6.07 Å². The highest BCUT2D eigenvalue weighted by molar-refractivity contribution is 5.97. The fraction of sp³-hybridized carbons (Fsp3) is 0.318. The van der Waals surface area contributed by atoms with Crippen LogP contribution in [0.5, 0.6) is 0 Å². The second kappa shape index (κ2) is 6.55. The van der Waals surface area contributed by atoms with Crippen LogP contribution in [0.1, 0.15) is 23.4 Å². The van der Waals surface area contributed by atoms with Gasteiger partial charge in [0.1, 0.15) is 5.82 Å². The summed E-state index contributed by atoms with van der Waals surface area (Å²) in [6.07, 6.45) is 3.15. The summed E-state index contributed by atoms with van der Waals surface area (Å²) in [6, 6.07) is 12.7. The van der Waals surface area contributed by atoms with E-state index in [4.69, 9.17) is 0 Å². The number of amides is 1. The smallest absolute Gasteiger partial charge is 0.230 e. The Hall–Kier alpha value is -3.02. The molecule has 2 aromatic carbocycles. The standard InChI is InChI=1S/C22H21FN4O/c1-26-21-13-17(5-7-19(21)24-25-26)22(28)27-10-9-16-11-15(6-8-20(16)27)14-3-2-4-18(23)12-14/h2-4,6,8,11-12,17H,5,7,9-10,13H2,1H3/t17-/m0/s1. The highest BCUT2D eigenvalue weighted by Crippen LogP contribution is 2.35. The van der Waals surface area contributed by atoms with Crippen molar-refractivity contribution in [3.63, 3.8) is 0 Å². The SMILES string of the molecule is Cn1nnc2c1C[C@@H](C(=O)N1CCc3cc(-c4cccc(F)c4)ccc31)CC2. The molecule has 28 heavy (non-hydrogen) atoms. The number of carbonyl (C=O) groups is 1. The van der Waals surface area contributed by atoms with Gasteiger partial charge in [0.2, 0.25) is 5.91 Å². The first-order valence-corrected chi connectivity index (χ1v) is 9.68. The van der Waals surface area contributed by atoms with Crippen molar-refractivity contribution in [3.05, 3.63) is 65.2 Å². The van der Waals surface area contributed by atoms with E-state index in [1.807, 2.05) is 30.1 Å². The Morgan fingerprint density at radius 3 is 2.86 bits per heavy atom. The first-order valence-electron chi connectivity index (χ1n) is 9.68. The van der Waals surface area contributed by atoms with Crippen molar-refractivity contribution in [1.82, 2.24) is 15.0 Å². The van der Waals surface area contributed by atoms with E-state index in [9.17, 15) is 9.18 Å². The van der Waals surface area contributed by atoms with Crippen LogP contribution in [0.2, 0.25) is 0 Å². The van der Waals surface area contributed by atoms with Crippen molar-refractivity contribution in [2.24, 2.45) is 13.0 Å². The van der Waals surface area contributed by atoms with Crippen molar-refractivity contribution in [2.75, 3.05) is 11.4 Å². The van der Waals surface area contributed by atoms with Gasteiger partial charge < -0.3 is 4.90 Å². The van der Waals surface area contributed by atoms with Crippen LogP contribution in [-0.4, -0.2) is 27.4 Å². The van der Waals surface area contributed by atoms with Crippen molar-refractivity contribution in [1.29, 1.82) is 0 Å². The van der Waals surface area contributed by atoms with Crippen molar-refractivity contribution >= 4 is 11.6 Å². The highest BCUT2D eigenvalue weighted by atomic mass is 19.1. The number of nitrogens with zero attached hydrogens (tertiary/aromatic N) is 4. The molecule has 1 aromatic heterocycles. The molecular formula is C22H21FN4O. The van der Waals surface area contributed by atoms with Crippen LogP contribution in [0.15, 0.2) is 42.5 Å². The minimum absolute atomic E-state index is 0.0291. The molecule has 5 nitrogen and oxygen atoms in total. The predicted octanol–water partition coefficient (Wildman–Crippen LogP) is 3.32. The van der Waals surface area contributed by atoms with Crippen molar-refractivity contribution in [2.45, 2.75) is 25.7 Å². The summed E-state index contributed by atoms with van der Waals surface area (Å²) >= 11 is 0. The van der Waals surface area contributed by atoms with Crippen LogP contribution >= 0.6 is 0 Å². The molecule has 0 radical (unpaired) electrons. The molecular weight excluding hydrogens is 355 g/mol. The van der Waals surface area contributed by atoms with Crippen LogP contribution in [-0.2, 0) is 31.1 Å². The Balaban J connectivity index is 1.39. The van der Waals surface area contributed by atoms with Crippen molar-refractivity contribution < 1.29 is 9.18 Å². The molecule has 1 amide bonds. The summed E-state index contributed by atoms with van der Waals surface area (Å²) in [4.78, 5) is 15.2. The Bertz CT molecular complexity index is 1070. The van der Waals surface area contributed by atoms with E-state index < -0.39 is 0 Å². The number of aryl methyl sites for hydroxylation is 2. The van der Waals surface area contributed by atoms with Crippen LogP contribution in [0.25, 0.3) is 11.1 Å². The Morgan fingerprint density at radius 1 is 1.14 bits per heavy atom. The van der Waals surface area contributed by atoms with E-state index >= 15 is 0 Å². The molecule has 1 aliphatic carbocycles. The van der Waals surface area contributed by atoms with E-state index in [2.05, 4.69) is 16.4 Å². The third kappa shape index (κ3) is 2.80. The fourth-order valence-electron chi connectivity index (χ4n) is 4.42. The lowest BCUT2D eigenvalue weighted by molar-refractivity contribution is -0.122. The lowest BCUT2D eigenvalue weighted by atomic mass is 9.88. The fourth-order valence-corrected chi connectivity index (χ4v) is 4.42. The molecule has 0 spiro atoms. The molecule has 0 bridgehead atoms. The van der Waals surface area contributed by atoms with Gasteiger partial charge in [-0.05, 0) is 60.2 Å². The Labute approximate surface area is 162 Å². The minimum atomic E-state index is -0.240. The number of benzene rings is 2. The lowest BCUT2D eigenvalue weighted by Crippen LogP contribution is -2.37. The molecule has 0 fully saturated rings. The van der Waals surface area contributed by atoms with Crippen LogP contribution in [0.3, 0.4) is 0 Å². The number of halogens is 1. The second-order valence-corrected chi connectivity index (χ2v) is 7.64. The predicted molar refractivity (Wildman–Crippen MR) is 104 cm³/mol. The second-order valence-electron chi connectivity index (χ2n) is 7.64. The van der Waals surface area contributed by atoms with Gasteiger partial charge in [-0.2, -0.15) is 0 Å². The summed E-state index contributed by atoms with van der Waals surface area (Å²) in [5.41, 5.74) is 6.07. The highest BCUT2D eigenvalue weighted by Gasteiger charge is 2.34. The molecule has 142 valence electrons. The number of carbonyl (C=O) groups excluding carboxylic acids is 1. The number of fused-ring (bicyclic) bond motifs is 2. The number of hydrogen-bond acceptors (Lipinski definition) is 3. The van der Waals surface area contributed by atoms with Crippen LogP contribution in [0.4, 0.5) is 10.1 Å². The molecule has 1 aliphatic heterocycles. The maximum Gasteiger partial charge on any atom is 0.230 e. The monoisotopic (exact) mass is 376 g/mol. The van der Waals surface area contributed by atoms with Gasteiger partial charge in [-0.3, -0.25) is 9.48 Å².